The van der Waals surface area contributed by atoms with Gasteiger partial charge in [0.2, 0.25) is 5.91 Å². The molecule has 0 saturated carbocycles. The molecular formula is C19H20N2O4. The Morgan fingerprint density at radius 2 is 1.64 bits per heavy atom. The van der Waals surface area contributed by atoms with Crippen molar-refractivity contribution in [3.63, 3.8) is 0 Å². The summed E-state index contributed by atoms with van der Waals surface area (Å²) in [7, 11) is 0. The Morgan fingerprint density at radius 1 is 0.960 bits per heavy atom. The van der Waals surface area contributed by atoms with Crippen molar-refractivity contribution < 1.29 is 19.1 Å². The minimum Gasteiger partial charge on any atom is -0.452 e. The number of anilines is 2. The SMILES string of the molecule is CCc1ccccc1NC(=O)COC(=O)c1ccc(NC(C)=O)cc1. The van der Waals surface area contributed by atoms with E-state index in [0.29, 0.717) is 16.9 Å². The van der Waals surface area contributed by atoms with Gasteiger partial charge >= 0.3 is 5.97 Å². The molecule has 6 heteroatoms. The number of carbonyl (C=O) groups excluding carboxylic acids is 3. The fourth-order valence-electron chi connectivity index (χ4n) is 2.24. The topological polar surface area (TPSA) is 84.5 Å². The predicted molar refractivity (Wildman–Crippen MR) is 95.5 cm³/mol. The first-order valence-corrected chi connectivity index (χ1v) is 7.92. The van der Waals surface area contributed by atoms with Gasteiger partial charge in [0.05, 0.1) is 5.56 Å². The maximum Gasteiger partial charge on any atom is 0.338 e. The summed E-state index contributed by atoms with van der Waals surface area (Å²) in [6.45, 7) is 3.03. The summed E-state index contributed by atoms with van der Waals surface area (Å²) in [6.07, 6.45) is 0.789. The molecule has 0 unspecified atom stereocenters. The molecule has 130 valence electrons. The molecule has 0 radical (unpaired) electrons. The van der Waals surface area contributed by atoms with Gasteiger partial charge in [-0.3, -0.25) is 9.59 Å². The van der Waals surface area contributed by atoms with Gasteiger partial charge in [0.1, 0.15) is 0 Å². The molecule has 0 aliphatic carbocycles. The van der Waals surface area contributed by atoms with E-state index in [1.54, 1.807) is 18.2 Å². The lowest BCUT2D eigenvalue weighted by Crippen LogP contribution is -2.21. The molecule has 2 aromatic rings. The molecule has 2 amide bonds. The van der Waals surface area contributed by atoms with Crippen LogP contribution in [0.4, 0.5) is 11.4 Å². The molecule has 0 saturated heterocycles. The van der Waals surface area contributed by atoms with Crippen LogP contribution in [0.25, 0.3) is 0 Å². The fourth-order valence-corrected chi connectivity index (χ4v) is 2.24. The summed E-state index contributed by atoms with van der Waals surface area (Å²) in [5.41, 5.74) is 2.61. The van der Waals surface area contributed by atoms with Gasteiger partial charge in [-0.1, -0.05) is 25.1 Å². The molecule has 2 aromatic carbocycles. The Morgan fingerprint density at radius 3 is 2.28 bits per heavy atom. The van der Waals surface area contributed by atoms with Gasteiger partial charge in [-0.2, -0.15) is 0 Å². The molecule has 0 spiro atoms. The van der Waals surface area contributed by atoms with Gasteiger partial charge in [-0.25, -0.2) is 4.79 Å². The van der Waals surface area contributed by atoms with Gasteiger partial charge in [0.15, 0.2) is 6.61 Å². The molecule has 0 heterocycles. The quantitative estimate of drug-likeness (QED) is 0.792. The molecular weight excluding hydrogens is 320 g/mol. The van der Waals surface area contributed by atoms with Crippen LogP contribution in [0.3, 0.4) is 0 Å². The lowest BCUT2D eigenvalue weighted by molar-refractivity contribution is -0.119. The van der Waals surface area contributed by atoms with E-state index in [1.807, 2.05) is 25.1 Å². The maximum atomic E-state index is 12.0. The molecule has 2 rings (SSSR count). The van der Waals surface area contributed by atoms with E-state index in [2.05, 4.69) is 10.6 Å². The Balaban J connectivity index is 1.88. The van der Waals surface area contributed by atoms with E-state index in [4.69, 9.17) is 4.74 Å². The number of esters is 1. The number of benzene rings is 2. The third-order valence-electron chi connectivity index (χ3n) is 3.45. The van der Waals surface area contributed by atoms with Crippen molar-refractivity contribution in [2.24, 2.45) is 0 Å². The van der Waals surface area contributed by atoms with E-state index >= 15 is 0 Å². The minimum absolute atomic E-state index is 0.195. The molecule has 0 aliphatic heterocycles. The Labute approximate surface area is 146 Å². The average molecular weight is 340 g/mol. The number of hydrogen-bond acceptors (Lipinski definition) is 4. The first kappa shape index (κ1) is 18.2. The van der Waals surface area contributed by atoms with Crippen LogP contribution in [0.1, 0.15) is 29.8 Å². The predicted octanol–water partition coefficient (Wildman–Crippen LogP) is 3.00. The summed E-state index contributed by atoms with van der Waals surface area (Å²) in [4.78, 5) is 34.9. The van der Waals surface area contributed by atoms with Crippen molar-refractivity contribution in [2.45, 2.75) is 20.3 Å². The number of aryl methyl sites for hydroxylation is 1. The second-order valence-electron chi connectivity index (χ2n) is 5.39. The zero-order valence-corrected chi connectivity index (χ0v) is 14.2. The van der Waals surface area contributed by atoms with Crippen LogP contribution in [-0.4, -0.2) is 24.4 Å². The fraction of sp³-hybridized carbons (Fsp3) is 0.211. The normalized spacial score (nSPS) is 10.0. The molecule has 0 aromatic heterocycles. The van der Waals surface area contributed by atoms with Crippen LogP contribution in [0.5, 0.6) is 0 Å². The largest absolute Gasteiger partial charge is 0.452 e. The van der Waals surface area contributed by atoms with Gasteiger partial charge in [-0.05, 0) is 42.3 Å². The third-order valence-corrected chi connectivity index (χ3v) is 3.45. The first-order chi connectivity index (χ1) is 12.0. The Hall–Kier alpha value is -3.15. The zero-order chi connectivity index (χ0) is 18.2. The van der Waals surface area contributed by atoms with Crippen molar-refractivity contribution >= 4 is 29.2 Å². The lowest BCUT2D eigenvalue weighted by Gasteiger charge is -2.10. The molecule has 0 bridgehead atoms. The third kappa shape index (κ3) is 5.46. The van der Waals surface area contributed by atoms with E-state index in [9.17, 15) is 14.4 Å². The monoisotopic (exact) mass is 340 g/mol. The maximum absolute atomic E-state index is 12.0. The lowest BCUT2D eigenvalue weighted by atomic mass is 10.1. The average Bonchev–Trinajstić information content (AvgIpc) is 2.60. The number of amides is 2. The van der Waals surface area contributed by atoms with Crippen LogP contribution in [0.2, 0.25) is 0 Å². The molecule has 2 N–H and O–H groups in total. The molecule has 0 aliphatic rings. The van der Waals surface area contributed by atoms with Gasteiger partial charge < -0.3 is 15.4 Å². The highest BCUT2D eigenvalue weighted by molar-refractivity contribution is 5.96. The van der Waals surface area contributed by atoms with Crippen LogP contribution in [0.15, 0.2) is 48.5 Å². The number of hydrogen-bond donors (Lipinski definition) is 2. The van der Waals surface area contributed by atoms with Crippen LogP contribution >= 0.6 is 0 Å². The van der Waals surface area contributed by atoms with Crippen molar-refractivity contribution in [2.75, 3.05) is 17.2 Å². The highest BCUT2D eigenvalue weighted by Gasteiger charge is 2.11. The van der Waals surface area contributed by atoms with Crippen LogP contribution in [-0.2, 0) is 20.7 Å². The van der Waals surface area contributed by atoms with Crippen molar-refractivity contribution in [1.82, 2.24) is 0 Å². The van der Waals surface area contributed by atoms with E-state index in [1.165, 1.54) is 19.1 Å². The molecule has 0 fully saturated rings. The highest BCUT2D eigenvalue weighted by atomic mass is 16.5. The summed E-state index contributed by atoms with van der Waals surface area (Å²) in [6, 6.07) is 13.7. The number of rotatable bonds is 6. The van der Waals surface area contributed by atoms with Gasteiger partial charge in [-0.15, -0.1) is 0 Å². The second-order valence-corrected chi connectivity index (χ2v) is 5.39. The zero-order valence-electron chi connectivity index (χ0n) is 14.2. The smallest absolute Gasteiger partial charge is 0.338 e. The number of carbonyl (C=O) groups is 3. The first-order valence-electron chi connectivity index (χ1n) is 7.92. The number of ether oxygens (including phenoxy) is 1. The van der Waals surface area contributed by atoms with E-state index in [-0.39, 0.29) is 12.5 Å². The standard InChI is InChI=1S/C19H20N2O4/c1-3-14-6-4-5-7-17(14)21-18(23)12-25-19(24)15-8-10-16(11-9-15)20-13(2)22/h4-11H,3,12H2,1-2H3,(H,20,22)(H,21,23). The summed E-state index contributed by atoms with van der Waals surface area (Å²) in [5.74, 6) is -1.20. The molecule has 0 atom stereocenters. The molecule has 25 heavy (non-hydrogen) atoms. The van der Waals surface area contributed by atoms with Crippen LogP contribution in [0, 0.1) is 0 Å². The minimum atomic E-state index is -0.603. The molecule has 6 nitrogen and oxygen atoms in total. The number of para-hydroxylation sites is 1. The Bertz CT molecular complexity index is 769. The highest BCUT2D eigenvalue weighted by Crippen LogP contribution is 2.15. The van der Waals surface area contributed by atoms with Gasteiger partial charge in [0.25, 0.3) is 5.91 Å². The van der Waals surface area contributed by atoms with E-state index < -0.39 is 11.9 Å². The summed E-state index contributed by atoms with van der Waals surface area (Å²) in [5, 5.41) is 5.34. The van der Waals surface area contributed by atoms with E-state index in [0.717, 1.165) is 12.0 Å². The van der Waals surface area contributed by atoms with Crippen molar-refractivity contribution in [1.29, 1.82) is 0 Å². The van der Waals surface area contributed by atoms with Crippen LogP contribution < -0.4 is 10.6 Å². The summed E-state index contributed by atoms with van der Waals surface area (Å²) >= 11 is 0. The van der Waals surface area contributed by atoms with Crippen molar-refractivity contribution in [3.8, 4) is 0 Å². The summed E-state index contributed by atoms with van der Waals surface area (Å²) < 4.78 is 5.02. The van der Waals surface area contributed by atoms with Gasteiger partial charge in [0, 0.05) is 18.3 Å². The number of nitrogens with one attached hydrogen (secondary N) is 2. The Kier molecular flexibility index (Phi) is 6.28. The second kappa shape index (κ2) is 8.63. The van der Waals surface area contributed by atoms with Crippen molar-refractivity contribution in [3.05, 3.63) is 59.7 Å².